The molecule has 0 saturated heterocycles. The molecule has 0 aliphatic rings. The fourth-order valence-electron chi connectivity index (χ4n) is 2.31. The highest BCUT2D eigenvalue weighted by Gasteiger charge is 2.05. The van der Waals surface area contributed by atoms with Crippen molar-refractivity contribution in [2.75, 3.05) is 10.7 Å². The number of rotatable bonds is 5. The molecule has 0 unspecified atom stereocenters. The number of hydrogen-bond acceptors (Lipinski definition) is 3. The van der Waals surface area contributed by atoms with E-state index < -0.39 is 0 Å². The van der Waals surface area contributed by atoms with Crippen LogP contribution in [0.1, 0.15) is 22.8 Å². The van der Waals surface area contributed by atoms with E-state index in [0.717, 1.165) is 22.6 Å². The molecule has 0 bridgehead atoms. The Labute approximate surface area is 147 Å². The molecule has 0 saturated carbocycles. The predicted molar refractivity (Wildman–Crippen MR) is 103 cm³/mol. The number of para-hydroxylation sites is 1. The molecular weight excluding hydrogens is 310 g/mol. The molecule has 124 valence electrons. The van der Waals surface area contributed by atoms with Crippen LogP contribution in [-0.2, 0) is 0 Å². The Morgan fingerprint density at radius 2 is 1.32 bits per heavy atom. The number of hydrogen-bond donors (Lipinski definition) is 2. The van der Waals surface area contributed by atoms with Crippen LogP contribution in [0.25, 0.3) is 0 Å². The Kier molecular flexibility index (Phi) is 5.22. The van der Waals surface area contributed by atoms with E-state index in [9.17, 15) is 4.79 Å². The zero-order chi connectivity index (χ0) is 17.5. The summed E-state index contributed by atoms with van der Waals surface area (Å²) in [6.45, 7) is 1.94. The van der Waals surface area contributed by atoms with E-state index >= 15 is 0 Å². The summed E-state index contributed by atoms with van der Waals surface area (Å²) >= 11 is 0. The molecule has 0 aromatic heterocycles. The Morgan fingerprint density at radius 3 is 1.96 bits per heavy atom. The number of amides is 1. The van der Waals surface area contributed by atoms with Gasteiger partial charge in [-0.15, -0.1) is 0 Å². The van der Waals surface area contributed by atoms with E-state index in [1.807, 2.05) is 79.7 Å². The Balaban J connectivity index is 1.64. The first-order chi connectivity index (χ1) is 12.2. The van der Waals surface area contributed by atoms with Crippen LogP contribution in [0.5, 0.6) is 0 Å². The zero-order valence-electron chi connectivity index (χ0n) is 13.9. The van der Waals surface area contributed by atoms with Gasteiger partial charge in [0.05, 0.1) is 11.4 Å². The lowest BCUT2D eigenvalue weighted by Gasteiger charge is -2.07. The lowest BCUT2D eigenvalue weighted by molar-refractivity contribution is 0.102. The lowest BCUT2D eigenvalue weighted by atomic mass is 10.1. The van der Waals surface area contributed by atoms with E-state index in [-0.39, 0.29) is 5.91 Å². The molecular formula is C21H19N3O. The van der Waals surface area contributed by atoms with Crippen molar-refractivity contribution >= 4 is 23.0 Å². The Bertz CT molecular complexity index is 857. The second kappa shape index (κ2) is 7.93. The minimum absolute atomic E-state index is 0.121. The standard InChI is InChI=1S/C21H19N3O/c1-16(23-24-20-10-6-3-7-11-20)17-12-14-19(15-13-17)22-21(25)18-8-4-2-5-9-18/h2-15,24H,1H3,(H,22,25)/b23-16-. The maximum Gasteiger partial charge on any atom is 0.255 e. The summed E-state index contributed by atoms with van der Waals surface area (Å²) in [5, 5.41) is 7.27. The highest BCUT2D eigenvalue weighted by Crippen LogP contribution is 2.13. The minimum Gasteiger partial charge on any atom is -0.322 e. The number of nitrogens with zero attached hydrogens (tertiary/aromatic N) is 1. The van der Waals surface area contributed by atoms with Gasteiger partial charge in [-0.1, -0.05) is 48.5 Å². The molecule has 2 N–H and O–H groups in total. The highest BCUT2D eigenvalue weighted by atomic mass is 16.1. The number of hydrazone groups is 1. The van der Waals surface area contributed by atoms with Gasteiger partial charge in [0.2, 0.25) is 0 Å². The summed E-state index contributed by atoms with van der Waals surface area (Å²) in [7, 11) is 0. The molecule has 3 aromatic rings. The molecule has 25 heavy (non-hydrogen) atoms. The zero-order valence-corrected chi connectivity index (χ0v) is 13.9. The molecule has 0 heterocycles. The third-order valence-electron chi connectivity index (χ3n) is 3.72. The summed E-state index contributed by atoms with van der Waals surface area (Å²) in [4.78, 5) is 12.1. The summed E-state index contributed by atoms with van der Waals surface area (Å²) in [6, 6.07) is 26.6. The van der Waals surface area contributed by atoms with Crippen molar-refractivity contribution < 1.29 is 4.79 Å². The van der Waals surface area contributed by atoms with Crippen LogP contribution < -0.4 is 10.7 Å². The quantitative estimate of drug-likeness (QED) is 0.523. The second-order valence-electron chi connectivity index (χ2n) is 5.57. The fourth-order valence-corrected chi connectivity index (χ4v) is 2.31. The van der Waals surface area contributed by atoms with Crippen molar-refractivity contribution in [1.29, 1.82) is 0 Å². The van der Waals surface area contributed by atoms with E-state index in [0.29, 0.717) is 5.56 Å². The molecule has 4 heteroatoms. The SMILES string of the molecule is C/C(=N/Nc1ccccc1)c1ccc(NC(=O)c2ccccc2)cc1. The smallest absolute Gasteiger partial charge is 0.255 e. The van der Waals surface area contributed by atoms with Crippen molar-refractivity contribution in [3.8, 4) is 0 Å². The summed E-state index contributed by atoms with van der Waals surface area (Å²) in [5.74, 6) is -0.121. The van der Waals surface area contributed by atoms with Crippen LogP contribution in [-0.4, -0.2) is 11.6 Å². The van der Waals surface area contributed by atoms with Crippen LogP contribution in [0.3, 0.4) is 0 Å². The lowest BCUT2D eigenvalue weighted by Crippen LogP contribution is -2.11. The second-order valence-corrected chi connectivity index (χ2v) is 5.57. The van der Waals surface area contributed by atoms with Gasteiger partial charge >= 0.3 is 0 Å². The summed E-state index contributed by atoms with van der Waals surface area (Å²) < 4.78 is 0. The van der Waals surface area contributed by atoms with Gasteiger partial charge in [-0.2, -0.15) is 5.10 Å². The van der Waals surface area contributed by atoms with Crippen LogP contribution in [0.4, 0.5) is 11.4 Å². The maximum absolute atomic E-state index is 12.1. The predicted octanol–water partition coefficient (Wildman–Crippen LogP) is 4.78. The van der Waals surface area contributed by atoms with Crippen LogP contribution >= 0.6 is 0 Å². The van der Waals surface area contributed by atoms with Crippen LogP contribution in [0.2, 0.25) is 0 Å². The molecule has 0 atom stereocenters. The van der Waals surface area contributed by atoms with E-state index in [4.69, 9.17) is 0 Å². The highest BCUT2D eigenvalue weighted by molar-refractivity contribution is 6.04. The van der Waals surface area contributed by atoms with Crippen molar-refractivity contribution in [1.82, 2.24) is 0 Å². The first kappa shape index (κ1) is 16.5. The molecule has 0 spiro atoms. The molecule has 0 fully saturated rings. The van der Waals surface area contributed by atoms with Gasteiger partial charge < -0.3 is 5.32 Å². The minimum atomic E-state index is -0.121. The average Bonchev–Trinajstić information content (AvgIpc) is 2.68. The van der Waals surface area contributed by atoms with Crippen molar-refractivity contribution in [3.05, 3.63) is 96.1 Å². The van der Waals surface area contributed by atoms with Crippen molar-refractivity contribution in [3.63, 3.8) is 0 Å². The molecule has 3 rings (SSSR count). The third kappa shape index (κ3) is 4.54. The van der Waals surface area contributed by atoms with Gasteiger partial charge in [-0.25, -0.2) is 0 Å². The van der Waals surface area contributed by atoms with Gasteiger partial charge in [0.25, 0.3) is 5.91 Å². The van der Waals surface area contributed by atoms with E-state index in [2.05, 4.69) is 15.8 Å². The Hall–Kier alpha value is -3.40. The summed E-state index contributed by atoms with van der Waals surface area (Å²) in [6.07, 6.45) is 0. The van der Waals surface area contributed by atoms with Crippen LogP contribution in [0, 0.1) is 0 Å². The number of nitrogens with one attached hydrogen (secondary N) is 2. The van der Waals surface area contributed by atoms with Crippen molar-refractivity contribution in [2.45, 2.75) is 6.92 Å². The van der Waals surface area contributed by atoms with Gasteiger partial charge in [-0.3, -0.25) is 10.2 Å². The summed E-state index contributed by atoms with van der Waals surface area (Å²) in [5.41, 5.74) is 7.21. The number of carbonyl (C=O) groups is 1. The van der Waals surface area contributed by atoms with Gasteiger partial charge in [0, 0.05) is 11.3 Å². The third-order valence-corrected chi connectivity index (χ3v) is 3.72. The molecule has 3 aromatic carbocycles. The topological polar surface area (TPSA) is 53.5 Å². The molecule has 1 amide bonds. The first-order valence-corrected chi connectivity index (χ1v) is 8.04. The van der Waals surface area contributed by atoms with E-state index in [1.165, 1.54) is 0 Å². The van der Waals surface area contributed by atoms with Gasteiger partial charge in [-0.05, 0) is 48.9 Å². The fraction of sp³-hybridized carbons (Fsp3) is 0.0476. The first-order valence-electron chi connectivity index (χ1n) is 8.04. The molecule has 0 radical (unpaired) electrons. The van der Waals surface area contributed by atoms with Gasteiger partial charge in [0.1, 0.15) is 0 Å². The number of anilines is 2. The molecule has 4 nitrogen and oxygen atoms in total. The maximum atomic E-state index is 12.1. The normalized spacial score (nSPS) is 11.0. The average molecular weight is 329 g/mol. The number of carbonyl (C=O) groups excluding carboxylic acids is 1. The monoisotopic (exact) mass is 329 g/mol. The number of benzene rings is 3. The van der Waals surface area contributed by atoms with E-state index in [1.54, 1.807) is 12.1 Å². The molecule has 0 aliphatic heterocycles. The van der Waals surface area contributed by atoms with Gasteiger partial charge in [0.15, 0.2) is 0 Å². The largest absolute Gasteiger partial charge is 0.322 e. The van der Waals surface area contributed by atoms with Crippen molar-refractivity contribution in [2.24, 2.45) is 5.10 Å². The van der Waals surface area contributed by atoms with Crippen LogP contribution in [0.15, 0.2) is 90.0 Å². The Morgan fingerprint density at radius 1 is 0.720 bits per heavy atom. The molecule has 0 aliphatic carbocycles.